The molecule has 0 saturated carbocycles. The van der Waals surface area contributed by atoms with Crippen LogP contribution in [-0.2, 0) is 11.2 Å². The molecule has 0 bridgehead atoms. The summed E-state index contributed by atoms with van der Waals surface area (Å²) in [6.45, 7) is 4.90. The molecule has 0 spiro atoms. The van der Waals surface area contributed by atoms with Crippen molar-refractivity contribution < 1.29 is 14.3 Å². The molecule has 5 nitrogen and oxygen atoms in total. The van der Waals surface area contributed by atoms with Gasteiger partial charge in [0.2, 0.25) is 0 Å². The number of aromatic nitrogens is 1. The molecule has 4 rings (SSSR count). The maximum Gasteiger partial charge on any atom is 0.412 e. The normalized spacial score (nSPS) is 16.7. The van der Waals surface area contributed by atoms with Crippen molar-refractivity contribution in [1.29, 1.82) is 0 Å². The summed E-state index contributed by atoms with van der Waals surface area (Å²) in [5, 5.41) is 1.76. The van der Waals surface area contributed by atoms with Crippen LogP contribution in [0.15, 0.2) is 42.5 Å². The van der Waals surface area contributed by atoms with Crippen LogP contribution in [0.3, 0.4) is 0 Å². The molecule has 2 atom stereocenters. The van der Waals surface area contributed by atoms with Gasteiger partial charge in [-0.25, -0.2) is 4.79 Å². The molecule has 1 amide bonds. The van der Waals surface area contributed by atoms with E-state index in [1.54, 1.807) is 4.90 Å². The molecular weight excluding hydrogens is 483 g/mol. The number of nitrogens with zero attached hydrogens (tertiary/aromatic N) is 1. The Morgan fingerprint density at radius 3 is 2.67 bits per heavy atom. The zero-order valence-electron chi connectivity index (χ0n) is 18.6. The lowest BCUT2D eigenvalue weighted by Gasteiger charge is -2.36. The van der Waals surface area contributed by atoms with Crippen LogP contribution < -0.4 is 4.74 Å². The average Bonchev–Trinajstić information content (AvgIpc) is 3.17. The standard InChI is InChI=1S/C25H27Cl3N2O3/c1-15(2)24(28)33-25(31)30-12-10-19-20-14-17(27)6-9-21(20)29-22(19)23(30)16-4-7-18(8-5-16)32-13-3-11-26/h4-9,14-15,23-24,29H,3,10-13H2,1-2H3. The van der Waals surface area contributed by atoms with Gasteiger partial charge < -0.3 is 14.5 Å². The maximum absolute atomic E-state index is 13.2. The van der Waals surface area contributed by atoms with Crippen LogP contribution in [-0.4, -0.2) is 40.6 Å². The first-order valence-electron chi connectivity index (χ1n) is 11.1. The molecule has 2 aromatic carbocycles. The van der Waals surface area contributed by atoms with Gasteiger partial charge in [0.25, 0.3) is 0 Å². The Bertz CT molecular complexity index is 1110. The highest BCUT2D eigenvalue weighted by atomic mass is 35.5. The number of ether oxygens (including phenoxy) is 2. The fraction of sp³-hybridized carbons (Fsp3) is 0.400. The minimum Gasteiger partial charge on any atom is -0.494 e. The van der Waals surface area contributed by atoms with Crippen LogP contribution in [0.4, 0.5) is 4.79 Å². The Labute approximate surface area is 208 Å². The number of amides is 1. The Morgan fingerprint density at radius 2 is 1.97 bits per heavy atom. The van der Waals surface area contributed by atoms with Crippen LogP contribution in [0.25, 0.3) is 10.9 Å². The van der Waals surface area contributed by atoms with E-state index in [0.29, 0.717) is 30.5 Å². The van der Waals surface area contributed by atoms with Crippen LogP contribution in [0.1, 0.15) is 43.1 Å². The fourth-order valence-electron chi connectivity index (χ4n) is 4.10. The van der Waals surface area contributed by atoms with E-state index < -0.39 is 11.7 Å². The van der Waals surface area contributed by atoms with Gasteiger partial charge >= 0.3 is 6.09 Å². The molecule has 0 fully saturated rings. The Morgan fingerprint density at radius 1 is 1.21 bits per heavy atom. The van der Waals surface area contributed by atoms with E-state index in [0.717, 1.165) is 39.9 Å². The number of fused-ring (bicyclic) bond motifs is 3. The first-order chi connectivity index (χ1) is 15.9. The van der Waals surface area contributed by atoms with Crippen molar-refractivity contribution in [2.45, 2.75) is 38.3 Å². The molecule has 8 heteroatoms. The van der Waals surface area contributed by atoms with Crippen LogP contribution in [0, 0.1) is 5.92 Å². The van der Waals surface area contributed by atoms with E-state index in [1.165, 1.54) is 0 Å². The third-order valence-corrected chi connectivity index (χ3v) is 6.90. The predicted octanol–water partition coefficient (Wildman–Crippen LogP) is 7.13. The summed E-state index contributed by atoms with van der Waals surface area (Å²) in [6.07, 6.45) is 1.04. The summed E-state index contributed by atoms with van der Waals surface area (Å²) in [5.41, 5.74) is 3.37. The van der Waals surface area contributed by atoms with E-state index in [2.05, 4.69) is 4.98 Å². The summed E-state index contributed by atoms with van der Waals surface area (Å²) < 4.78 is 11.3. The second-order valence-corrected chi connectivity index (χ2v) is 9.74. The number of halogens is 3. The summed E-state index contributed by atoms with van der Waals surface area (Å²) in [5.74, 6) is 1.33. The first-order valence-corrected chi connectivity index (χ1v) is 12.4. The van der Waals surface area contributed by atoms with Crippen LogP contribution in [0.2, 0.25) is 5.02 Å². The second-order valence-electron chi connectivity index (χ2n) is 8.49. The van der Waals surface area contributed by atoms with E-state index in [9.17, 15) is 4.79 Å². The molecule has 176 valence electrons. The van der Waals surface area contributed by atoms with Gasteiger partial charge in [-0.15, -0.1) is 11.6 Å². The number of H-pyrrole nitrogens is 1. The molecule has 0 radical (unpaired) electrons. The van der Waals surface area contributed by atoms with Crippen LogP contribution >= 0.6 is 34.8 Å². The molecule has 3 aromatic rings. The minimum absolute atomic E-state index is 0.00838. The van der Waals surface area contributed by atoms with Crippen molar-refractivity contribution >= 4 is 51.8 Å². The number of nitrogens with one attached hydrogen (secondary N) is 1. The van der Waals surface area contributed by atoms with Crippen molar-refractivity contribution in [1.82, 2.24) is 9.88 Å². The highest BCUT2D eigenvalue weighted by Crippen LogP contribution is 2.40. The number of rotatable bonds is 7. The van der Waals surface area contributed by atoms with E-state index in [-0.39, 0.29) is 12.0 Å². The van der Waals surface area contributed by atoms with Gasteiger partial charge in [0.05, 0.1) is 6.61 Å². The largest absolute Gasteiger partial charge is 0.494 e. The number of aromatic amines is 1. The molecule has 0 saturated heterocycles. The summed E-state index contributed by atoms with van der Waals surface area (Å²) >= 11 is 18.3. The Balaban J connectivity index is 1.71. The molecule has 1 aliphatic rings. The topological polar surface area (TPSA) is 54.6 Å². The van der Waals surface area contributed by atoms with Gasteiger partial charge in [-0.05, 0) is 54.3 Å². The number of alkyl halides is 2. The lowest BCUT2D eigenvalue weighted by molar-refractivity contribution is 0.0654. The predicted molar refractivity (Wildman–Crippen MR) is 134 cm³/mol. The molecule has 0 aliphatic carbocycles. The quantitative estimate of drug-likeness (QED) is 0.272. The Hall–Kier alpha value is -2.08. The molecule has 1 aromatic heterocycles. The molecule has 2 heterocycles. The SMILES string of the molecule is CC(C)C(Cl)OC(=O)N1CCc2c([nH]c3ccc(Cl)cc23)C1c1ccc(OCCCCl)cc1. The van der Waals surface area contributed by atoms with Gasteiger partial charge in [-0.1, -0.05) is 49.2 Å². The fourth-order valence-corrected chi connectivity index (χ4v) is 4.45. The lowest BCUT2D eigenvalue weighted by Crippen LogP contribution is -2.42. The van der Waals surface area contributed by atoms with Crippen LogP contribution in [0.5, 0.6) is 5.75 Å². The van der Waals surface area contributed by atoms with Gasteiger partial charge in [-0.2, -0.15) is 0 Å². The average molecular weight is 510 g/mol. The van der Waals surface area contributed by atoms with Crippen molar-refractivity contribution in [3.8, 4) is 5.75 Å². The number of hydrogen-bond donors (Lipinski definition) is 1. The highest BCUT2D eigenvalue weighted by Gasteiger charge is 2.36. The van der Waals surface area contributed by atoms with Crippen molar-refractivity contribution in [3.05, 3.63) is 64.3 Å². The number of carbonyl (C=O) groups excluding carboxylic acids is 1. The highest BCUT2D eigenvalue weighted by molar-refractivity contribution is 6.31. The van der Waals surface area contributed by atoms with E-state index in [1.807, 2.05) is 56.3 Å². The van der Waals surface area contributed by atoms with E-state index >= 15 is 0 Å². The lowest BCUT2D eigenvalue weighted by atomic mass is 9.92. The zero-order valence-corrected chi connectivity index (χ0v) is 20.9. The van der Waals surface area contributed by atoms with Gasteiger partial charge in [0, 0.05) is 40.0 Å². The third-order valence-electron chi connectivity index (χ3n) is 5.80. The zero-order chi connectivity index (χ0) is 23.5. The van der Waals surface area contributed by atoms with Gasteiger partial charge in [0.1, 0.15) is 11.8 Å². The van der Waals surface area contributed by atoms with Crippen molar-refractivity contribution in [2.24, 2.45) is 5.92 Å². The molecular formula is C25H27Cl3N2O3. The van der Waals surface area contributed by atoms with Gasteiger partial charge in [0.15, 0.2) is 5.56 Å². The molecule has 1 aliphatic heterocycles. The second kappa shape index (κ2) is 10.5. The van der Waals surface area contributed by atoms with E-state index in [4.69, 9.17) is 44.3 Å². The van der Waals surface area contributed by atoms with Crippen molar-refractivity contribution in [2.75, 3.05) is 19.0 Å². The number of hydrogen-bond acceptors (Lipinski definition) is 3. The monoisotopic (exact) mass is 508 g/mol. The first kappa shape index (κ1) is 24.1. The maximum atomic E-state index is 13.2. The third kappa shape index (κ3) is 5.21. The summed E-state index contributed by atoms with van der Waals surface area (Å²) in [7, 11) is 0. The van der Waals surface area contributed by atoms with Crippen molar-refractivity contribution in [3.63, 3.8) is 0 Å². The molecule has 1 N–H and O–H groups in total. The van der Waals surface area contributed by atoms with Gasteiger partial charge in [-0.3, -0.25) is 4.90 Å². The number of carbonyl (C=O) groups is 1. The smallest absolute Gasteiger partial charge is 0.412 e. The molecule has 33 heavy (non-hydrogen) atoms. The minimum atomic E-state index is -0.696. The molecule has 2 unspecified atom stereocenters. The summed E-state index contributed by atoms with van der Waals surface area (Å²) in [4.78, 5) is 18.4. The Kier molecular flexibility index (Phi) is 7.62. The number of benzene rings is 2. The summed E-state index contributed by atoms with van der Waals surface area (Å²) in [6, 6.07) is 13.2.